The molecule has 1 atom stereocenters. The van der Waals surface area contributed by atoms with Crippen LogP contribution in [0, 0.1) is 11.7 Å². The number of halogens is 1. The molecule has 2 aromatic rings. The highest BCUT2D eigenvalue weighted by atomic mass is 19.1. The van der Waals surface area contributed by atoms with E-state index in [1.165, 1.54) is 18.2 Å². The molecular formula is C21H21FN2O2. The van der Waals surface area contributed by atoms with Gasteiger partial charge < -0.3 is 10.2 Å². The minimum atomic E-state index is -0.365. The van der Waals surface area contributed by atoms with E-state index < -0.39 is 0 Å². The maximum Gasteiger partial charge on any atom is 0.246 e. The lowest BCUT2D eigenvalue weighted by molar-refractivity contribution is -0.130. The van der Waals surface area contributed by atoms with Crippen LogP contribution in [-0.2, 0) is 9.59 Å². The minimum Gasteiger partial charge on any atom is -0.338 e. The predicted octanol–water partition coefficient (Wildman–Crippen LogP) is 3.72. The fourth-order valence-electron chi connectivity index (χ4n) is 3.03. The Kier molecular flexibility index (Phi) is 5.79. The third kappa shape index (κ3) is 4.57. The lowest BCUT2D eigenvalue weighted by atomic mass is 9.97. The van der Waals surface area contributed by atoms with Gasteiger partial charge in [0.2, 0.25) is 11.8 Å². The highest BCUT2D eigenvalue weighted by Crippen LogP contribution is 2.19. The number of hydrogen-bond donors (Lipinski definition) is 1. The molecular weight excluding hydrogens is 331 g/mol. The monoisotopic (exact) mass is 352 g/mol. The predicted molar refractivity (Wildman–Crippen MR) is 99.8 cm³/mol. The SMILES string of the molecule is O=C(Nc1ccccc1)C1CCCN(C(=O)/C=C/c2ccccc2F)C1. The first-order valence-corrected chi connectivity index (χ1v) is 8.71. The van der Waals surface area contributed by atoms with E-state index in [4.69, 9.17) is 0 Å². The van der Waals surface area contributed by atoms with E-state index in [0.717, 1.165) is 18.5 Å². The summed E-state index contributed by atoms with van der Waals surface area (Å²) in [6.07, 6.45) is 4.37. The minimum absolute atomic E-state index is 0.0771. The number of hydrogen-bond acceptors (Lipinski definition) is 2. The standard InChI is InChI=1S/C21H21FN2O2/c22-19-11-5-4-7-16(19)12-13-20(25)24-14-6-8-17(15-24)21(26)23-18-9-2-1-3-10-18/h1-5,7,9-13,17H,6,8,14-15H2,(H,23,26)/b13-12+. The van der Waals surface area contributed by atoms with Gasteiger partial charge in [0.1, 0.15) is 5.82 Å². The van der Waals surface area contributed by atoms with E-state index in [0.29, 0.717) is 18.7 Å². The second kappa shape index (κ2) is 8.43. The average Bonchev–Trinajstić information content (AvgIpc) is 2.68. The molecule has 3 rings (SSSR count). The van der Waals surface area contributed by atoms with Gasteiger partial charge in [-0.15, -0.1) is 0 Å². The van der Waals surface area contributed by atoms with Crippen molar-refractivity contribution in [1.29, 1.82) is 0 Å². The smallest absolute Gasteiger partial charge is 0.246 e. The maximum absolute atomic E-state index is 13.6. The van der Waals surface area contributed by atoms with Crippen molar-refractivity contribution in [3.63, 3.8) is 0 Å². The molecule has 0 radical (unpaired) electrons. The van der Waals surface area contributed by atoms with Crippen molar-refractivity contribution in [2.75, 3.05) is 18.4 Å². The summed E-state index contributed by atoms with van der Waals surface area (Å²) in [6.45, 7) is 0.981. The number of rotatable bonds is 4. The molecule has 1 aliphatic rings. The average molecular weight is 352 g/mol. The lowest BCUT2D eigenvalue weighted by Gasteiger charge is -2.31. The zero-order valence-corrected chi connectivity index (χ0v) is 14.4. The number of carbonyl (C=O) groups is 2. The Labute approximate surface area is 152 Å². The summed E-state index contributed by atoms with van der Waals surface area (Å²) in [6, 6.07) is 15.6. The topological polar surface area (TPSA) is 49.4 Å². The molecule has 0 spiro atoms. The lowest BCUT2D eigenvalue weighted by Crippen LogP contribution is -2.43. The van der Waals surface area contributed by atoms with Crippen LogP contribution in [0.1, 0.15) is 18.4 Å². The van der Waals surface area contributed by atoms with Crippen LogP contribution in [0.5, 0.6) is 0 Å². The third-order valence-electron chi connectivity index (χ3n) is 4.46. The van der Waals surface area contributed by atoms with Crippen molar-refractivity contribution < 1.29 is 14.0 Å². The summed E-state index contributed by atoms with van der Waals surface area (Å²) < 4.78 is 13.6. The van der Waals surface area contributed by atoms with Crippen molar-refractivity contribution in [1.82, 2.24) is 4.90 Å². The Balaban J connectivity index is 1.60. The van der Waals surface area contributed by atoms with Gasteiger partial charge in [-0.1, -0.05) is 36.4 Å². The Morgan fingerprint density at radius 1 is 1.08 bits per heavy atom. The van der Waals surface area contributed by atoms with Gasteiger partial charge in [-0.25, -0.2) is 4.39 Å². The van der Waals surface area contributed by atoms with Gasteiger partial charge in [-0.3, -0.25) is 9.59 Å². The van der Waals surface area contributed by atoms with Crippen LogP contribution in [0.25, 0.3) is 6.08 Å². The Hall–Kier alpha value is -2.95. The number of para-hydroxylation sites is 1. The molecule has 2 aromatic carbocycles. The Morgan fingerprint density at radius 3 is 2.58 bits per heavy atom. The number of nitrogens with zero attached hydrogens (tertiary/aromatic N) is 1. The number of amides is 2. The number of likely N-dealkylation sites (tertiary alicyclic amines) is 1. The second-order valence-electron chi connectivity index (χ2n) is 6.33. The van der Waals surface area contributed by atoms with Gasteiger partial charge in [-0.05, 0) is 37.1 Å². The van der Waals surface area contributed by atoms with Crippen molar-refractivity contribution in [3.8, 4) is 0 Å². The first kappa shape index (κ1) is 17.9. The Bertz CT molecular complexity index is 805. The summed E-state index contributed by atoms with van der Waals surface area (Å²) in [5.41, 5.74) is 1.12. The summed E-state index contributed by atoms with van der Waals surface area (Å²) in [5.74, 6) is -0.887. The molecule has 1 heterocycles. The highest BCUT2D eigenvalue weighted by molar-refractivity contribution is 5.95. The van der Waals surface area contributed by atoms with Crippen molar-refractivity contribution >= 4 is 23.6 Å². The zero-order valence-electron chi connectivity index (χ0n) is 14.4. The molecule has 1 saturated heterocycles. The molecule has 1 aliphatic heterocycles. The number of piperidine rings is 1. The van der Waals surface area contributed by atoms with Gasteiger partial charge >= 0.3 is 0 Å². The van der Waals surface area contributed by atoms with Crippen LogP contribution in [0.15, 0.2) is 60.7 Å². The van der Waals surface area contributed by atoms with E-state index in [1.807, 2.05) is 30.3 Å². The molecule has 0 aromatic heterocycles. The molecule has 134 valence electrons. The van der Waals surface area contributed by atoms with Gasteiger partial charge in [-0.2, -0.15) is 0 Å². The molecule has 0 saturated carbocycles. The van der Waals surface area contributed by atoms with Crippen LogP contribution >= 0.6 is 0 Å². The number of carbonyl (C=O) groups excluding carboxylic acids is 2. The number of anilines is 1. The highest BCUT2D eigenvalue weighted by Gasteiger charge is 2.27. The van der Waals surface area contributed by atoms with Gasteiger partial charge in [0, 0.05) is 30.4 Å². The van der Waals surface area contributed by atoms with E-state index >= 15 is 0 Å². The van der Waals surface area contributed by atoms with E-state index in [-0.39, 0.29) is 23.5 Å². The molecule has 0 aliphatic carbocycles. The van der Waals surface area contributed by atoms with E-state index in [2.05, 4.69) is 5.32 Å². The fourth-order valence-corrected chi connectivity index (χ4v) is 3.03. The van der Waals surface area contributed by atoms with Gasteiger partial charge in [0.15, 0.2) is 0 Å². The fraction of sp³-hybridized carbons (Fsp3) is 0.238. The van der Waals surface area contributed by atoms with Crippen LogP contribution in [-0.4, -0.2) is 29.8 Å². The van der Waals surface area contributed by atoms with E-state index in [1.54, 1.807) is 23.1 Å². The Morgan fingerprint density at radius 2 is 1.81 bits per heavy atom. The largest absolute Gasteiger partial charge is 0.338 e. The van der Waals surface area contributed by atoms with Crippen LogP contribution in [0.4, 0.5) is 10.1 Å². The zero-order chi connectivity index (χ0) is 18.4. The molecule has 1 N–H and O–H groups in total. The number of nitrogens with one attached hydrogen (secondary N) is 1. The summed E-state index contributed by atoms with van der Waals surface area (Å²) in [4.78, 5) is 26.5. The molecule has 1 fully saturated rings. The molecule has 4 nitrogen and oxygen atoms in total. The summed E-state index contributed by atoms with van der Waals surface area (Å²) >= 11 is 0. The van der Waals surface area contributed by atoms with Gasteiger partial charge in [0.25, 0.3) is 0 Å². The molecule has 5 heteroatoms. The van der Waals surface area contributed by atoms with Crippen LogP contribution < -0.4 is 5.32 Å². The summed E-state index contributed by atoms with van der Waals surface area (Å²) in [5, 5.41) is 2.89. The third-order valence-corrected chi connectivity index (χ3v) is 4.46. The maximum atomic E-state index is 13.6. The second-order valence-corrected chi connectivity index (χ2v) is 6.33. The van der Waals surface area contributed by atoms with Crippen molar-refractivity contribution in [2.24, 2.45) is 5.92 Å². The van der Waals surface area contributed by atoms with Gasteiger partial charge in [0.05, 0.1) is 5.92 Å². The van der Waals surface area contributed by atoms with E-state index in [9.17, 15) is 14.0 Å². The molecule has 1 unspecified atom stereocenters. The summed E-state index contributed by atoms with van der Waals surface area (Å²) in [7, 11) is 0. The molecule has 0 bridgehead atoms. The van der Waals surface area contributed by atoms with Crippen LogP contribution in [0.3, 0.4) is 0 Å². The number of benzene rings is 2. The molecule has 26 heavy (non-hydrogen) atoms. The van der Waals surface area contributed by atoms with Crippen LogP contribution in [0.2, 0.25) is 0 Å². The first-order valence-electron chi connectivity index (χ1n) is 8.71. The first-order chi connectivity index (χ1) is 12.6. The normalized spacial score (nSPS) is 17.3. The molecule has 2 amide bonds. The van der Waals surface area contributed by atoms with Crippen molar-refractivity contribution in [3.05, 3.63) is 72.1 Å². The van der Waals surface area contributed by atoms with Crippen molar-refractivity contribution in [2.45, 2.75) is 12.8 Å². The quantitative estimate of drug-likeness (QED) is 0.853.